The molecular formula is C22H27AsN4O4. The number of hydrogen-bond acceptors (Lipinski definition) is 6. The standard InChI is InChI=1S/C22H27AsN4O4/c1-22(20(29-2)30-3)19(28)18(16-11-15(23)9-10-17(16)31-22)27-21(26-13-24)25-12-14-7-5-4-6-8-14/h4-11,18-20,28H,12,23H2,1-3H3,(H2,25,26,27). The molecule has 4 atom stereocenters. The molecule has 1 aliphatic rings. The molecule has 0 radical (unpaired) electrons. The second kappa shape index (κ2) is 10.2. The van der Waals surface area contributed by atoms with E-state index in [0.717, 1.165) is 15.5 Å². The van der Waals surface area contributed by atoms with Gasteiger partial charge in [0.25, 0.3) is 0 Å². The van der Waals surface area contributed by atoms with Crippen LogP contribution in [-0.4, -0.2) is 60.1 Å². The number of methoxy groups -OCH3 is 2. The number of aliphatic imine (C=N–C) groups is 1. The van der Waals surface area contributed by atoms with Crippen LogP contribution in [-0.2, 0) is 16.0 Å². The second-order valence-electron chi connectivity index (χ2n) is 7.34. The molecule has 2 aromatic rings. The van der Waals surface area contributed by atoms with Gasteiger partial charge in [-0.15, -0.1) is 0 Å². The molecule has 0 aromatic heterocycles. The van der Waals surface area contributed by atoms with E-state index in [0.29, 0.717) is 12.3 Å². The Hall–Kier alpha value is -2.56. The van der Waals surface area contributed by atoms with Crippen molar-refractivity contribution in [2.45, 2.75) is 37.5 Å². The van der Waals surface area contributed by atoms with Crippen LogP contribution in [0.1, 0.15) is 24.1 Å². The number of guanidine groups is 1. The summed E-state index contributed by atoms with van der Waals surface area (Å²) in [4.78, 5) is 4.50. The van der Waals surface area contributed by atoms with Crippen LogP contribution < -0.4 is 19.7 Å². The first-order valence-corrected chi connectivity index (χ1v) is 11.0. The van der Waals surface area contributed by atoms with Crippen molar-refractivity contribution in [1.29, 1.82) is 5.26 Å². The molecule has 164 valence electrons. The van der Waals surface area contributed by atoms with Crippen LogP contribution in [0.25, 0.3) is 0 Å². The van der Waals surface area contributed by atoms with Crippen LogP contribution in [0.3, 0.4) is 0 Å². The van der Waals surface area contributed by atoms with Crippen molar-refractivity contribution in [1.82, 2.24) is 10.6 Å². The van der Waals surface area contributed by atoms with E-state index in [9.17, 15) is 10.4 Å². The van der Waals surface area contributed by atoms with Gasteiger partial charge in [-0.25, -0.2) is 0 Å². The number of aliphatic hydroxyl groups is 1. The summed E-state index contributed by atoms with van der Waals surface area (Å²) in [7, 11) is 2.99. The zero-order valence-electron chi connectivity index (χ0n) is 17.7. The number of nitriles is 1. The van der Waals surface area contributed by atoms with Crippen molar-refractivity contribution >= 4 is 27.2 Å². The van der Waals surface area contributed by atoms with Gasteiger partial charge in [0.15, 0.2) is 0 Å². The fourth-order valence-corrected chi connectivity index (χ4v) is 4.26. The maximum atomic E-state index is 11.4. The van der Waals surface area contributed by atoms with Gasteiger partial charge in [0.2, 0.25) is 0 Å². The fourth-order valence-electron chi connectivity index (χ4n) is 3.68. The molecule has 1 heterocycles. The molecule has 31 heavy (non-hydrogen) atoms. The summed E-state index contributed by atoms with van der Waals surface area (Å²) in [6.45, 7) is 2.10. The van der Waals surface area contributed by atoms with Crippen molar-refractivity contribution in [2.24, 2.45) is 4.99 Å². The number of aliphatic hydroxyl groups excluding tert-OH is 1. The average Bonchev–Trinajstić information content (AvgIpc) is 2.77. The van der Waals surface area contributed by atoms with E-state index in [1.54, 1.807) is 6.92 Å². The quantitative estimate of drug-likeness (QED) is 0.135. The third kappa shape index (κ3) is 5.03. The number of hydrogen-bond donors (Lipinski definition) is 3. The van der Waals surface area contributed by atoms with E-state index in [4.69, 9.17) is 14.2 Å². The van der Waals surface area contributed by atoms with Crippen LogP contribution >= 0.6 is 0 Å². The Bertz CT molecular complexity index is 962. The molecule has 0 saturated carbocycles. The van der Waals surface area contributed by atoms with Crippen LogP contribution in [0.4, 0.5) is 0 Å². The van der Waals surface area contributed by atoms with Crippen molar-refractivity contribution in [3.05, 3.63) is 59.7 Å². The van der Waals surface area contributed by atoms with Crippen molar-refractivity contribution in [3.8, 4) is 11.9 Å². The Morgan fingerprint density at radius 1 is 1.29 bits per heavy atom. The van der Waals surface area contributed by atoms with Gasteiger partial charge in [-0.3, -0.25) is 0 Å². The van der Waals surface area contributed by atoms with Crippen molar-refractivity contribution in [3.63, 3.8) is 0 Å². The van der Waals surface area contributed by atoms with E-state index in [1.165, 1.54) is 31.1 Å². The zero-order chi connectivity index (χ0) is 22.4. The predicted molar refractivity (Wildman–Crippen MR) is 120 cm³/mol. The Morgan fingerprint density at radius 2 is 2.00 bits per heavy atom. The normalized spacial score (nSPS) is 22.9. The first-order chi connectivity index (χ1) is 14.9. The minimum absolute atomic E-state index is 0.254. The Morgan fingerprint density at radius 3 is 2.65 bits per heavy atom. The molecule has 3 N–H and O–H groups in total. The minimum atomic E-state index is -1.20. The zero-order valence-corrected chi connectivity index (χ0v) is 20.1. The number of rotatable bonds is 6. The number of nitrogens with one attached hydrogen (secondary N) is 2. The topological polar surface area (TPSA) is 108 Å². The van der Waals surface area contributed by atoms with E-state index < -0.39 is 24.0 Å². The molecule has 1 aliphatic heterocycles. The van der Waals surface area contributed by atoms with Gasteiger partial charge in [-0.1, -0.05) is 0 Å². The summed E-state index contributed by atoms with van der Waals surface area (Å²) in [6, 6.07) is 14.9. The summed E-state index contributed by atoms with van der Waals surface area (Å²) in [5, 5.41) is 26.4. The fraction of sp³-hybridized carbons (Fsp3) is 0.364. The second-order valence-corrected chi connectivity index (χ2v) is 8.74. The van der Waals surface area contributed by atoms with E-state index >= 15 is 0 Å². The summed E-state index contributed by atoms with van der Waals surface area (Å²) in [5.74, 6) is 0.856. The Kier molecular flexibility index (Phi) is 7.58. The van der Waals surface area contributed by atoms with Crippen molar-refractivity contribution in [2.75, 3.05) is 14.2 Å². The molecule has 0 fully saturated rings. The van der Waals surface area contributed by atoms with Gasteiger partial charge >= 0.3 is 191 Å². The maximum absolute atomic E-state index is 11.4. The molecule has 0 saturated heterocycles. The van der Waals surface area contributed by atoms with Gasteiger partial charge < -0.3 is 0 Å². The summed E-state index contributed by atoms with van der Waals surface area (Å²) < 4.78 is 18.1. The predicted octanol–water partition coefficient (Wildman–Crippen LogP) is 0.333. The summed E-state index contributed by atoms with van der Waals surface area (Å²) in [6.07, 6.45) is 0.0190. The molecule has 8 nitrogen and oxygen atoms in total. The molecule has 2 aromatic carbocycles. The number of benzene rings is 2. The molecule has 9 heteroatoms. The van der Waals surface area contributed by atoms with Gasteiger partial charge in [-0.2, -0.15) is 0 Å². The monoisotopic (exact) mass is 486 g/mol. The molecular weight excluding hydrogens is 459 g/mol. The first-order valence-electron chi connectivity index (χ1n) is 9.75. The van der Waals surface area contributed by atoms with E-state index in [-0.39, 0.29) is 5.96 Å². The SMILES string of the molecule is COC(OC)C1(C)Oc2ccc([AsH2])cc2C(NC(=NCc2ccccc2)NC#N)C1O. The number of nitrogens with zero attached hydrogens (tertiary/aromatic N) is 2. The molecule has 3 rings (SSSR count). The molecule has 0 spiro atoms. The van der Waals surface area contributed by atoms with E-state index in [2.05, 4.69) is 15.6 Å². The van der Waals surface area contributed by atoms with Crippen molar-refractivity contribution < 1.29 is 19.3 Å². The van der Waals surface area contributed by atoms with Gasteiger partial charge in [0.05, 0.1) is 0 Å². The molecule has 4 unspecified atom stereocenters. The van der Waals surface area contributed by atoms with Gasteiger partial charge in [0.1, 0.15) is 0 Å². The average molecular weight is 486 g/mol. The first kappa shape index (κ1) is 23.1. The third-order valence-electron chi connectivity index (χ3n) is 5.23. The Balaban J connectivity index is 1.97. The van der Waals surface area contributed by atoms with Crippen LogP contribution in [0, 0.1) is 11.5 Å². The Labute approximate surface area is 190 Å². The summed E-state index contributed by atoms with van der Waals surface area (Å²) in [5.41, 5.74) is 0.563. The van der Waals surface area contributed by atoms with Gasteiger partial charge in [-0.05, 0) is 0 Å². The molecule has 0 bridgehead atoms. The van der Waals surface area contributed by atoms with Crippen LogP contribution in [0.15, 0.2) is 53.5 Å². The van der Waals surface area contributed by atoms with E-state index in [1.807, 2.05) is 54.7 Å². The number of fused-ring (bicyclic) bond motifs is 1. The van der Waals surface area contributed by atoms with Crippen LogP contribution in [0.5, 0.6) is 5.75 Å². The van der Waals surface area contributed by atoms with Gasteiger partial charge in [0, 0.05) is 0 Å². The molecule has 0 aliphatic carbocycles. The number of ether oxygens (including phenoxy) is 3. The molecule has 0 amide bonds. The summed E-state index contributed by atoms with van der Waals surface area (Å²) >= 11 is 1.46. The van der Waals surface area contributed by atoms with Crippen LogP contribution in [0.2, 0.25) is 0 Å². The third-order valence-corrected chi connectivity index (χ3v) is 5.98.